The van der Waals surface area contributed by atoms with Gasteiger partial charge < -0.3 is 70.8 Å². The molecule has 0 aliphatic carbocycles. The van der Waals surface area contributed by atoms with Crippen molar-refractivity contribution in [2.24, 2.45) is 0 Å². The molecule has 0 radical (unpaired) electrons. The van der Waals surface area contributed by atoms with Crippen LogP contribution >= 0.6 is 0 Å². The third-order valence-electron chi connectivity index (χ3n) is 21.5. The third-order valence-corrected chi connectivity index (χ3v) is 21.5. The topological polar surface area (TPSA) is 345 Å². The van der Waals surface area contributed by atoms with Crippen molar-refractivity contribution >= 4 is 90.3 Å². The second-order valence-corrected chi connectivity index (χ2v) is 30.8. The number of likely N-dealkylation sites (N-methyl/N-ethyl adjacent to an activating group) is 1. The molecule has 16 aromatic heterocycles. The zero-order chi connectivity index (χ0) is 80.3. The summed E-state index contributed by atoms with van der Waals surface area (Å²) in [5.41, 5.74) is 9.74. The monoisotopic (exact) mass is 1560 g/mol. The summed E-state index contributed by atoms with van der Waals surface area (Å²) >= 11 is 0. The van der Waals surface area contributed by atoms with Crippen LogP contribution in [0.5, 0.6) is 0 Å². The first-order valence-electron chi connectivity index (χ1n) is 39.0. The summed E-state index contributed by atoms with van der Waals surface area (Å²) < 4.78 is 29.8. The first-order chi connectivity index (χ1) is 56.0. The Balaban J connectivity index is 0.000000111. The maximum absolute atomic E-state index is 12.7. The molecule has 0 amide bonds. The summed E-state index contributed by atoms with van der Waals surface area (Å²) in [7, 11) is 2.14. The lowest BCUT2D eigenvalue weighted by Gasteiger charge is -2.43. The number of fused-ring (bicyclic) bond motifs is 8. The molecule has 0 saturated carbocycles. The molecular formula is C84H88N24O8. The molecule has 0 aromatic carbocycles. The van der Waals surface area contributed by atoms with E-state index < -0.39 is 22.5 Å². The predicted octanol–water partition coefficient (Wildman–Crippen LogP) is 9.53. The summed E-state index contributed by atoms with van der Waals surface area (Å²) in [4.78, 5) is 116. The van der Waals surface area contributed by atoms with E-state index in [1.165, 1.54) is 0 Å². The molecule has 20 rings (SSSR count). The lowest BCUT2D eigenvalue weighted by atomic mass is 10.1. The van der Waals surface area contributed by atoms with Crippen LogP contribution in [0.1, 0.15) is 70.7 Å². The molecule has 4 fully saturated rings. The zero-order valence-corrected chi connectivity index (χ0v) is 66.3. The van der Waals surface area contributed by atoms with Gasteiger partial charge in [0, 0.05) is 166 Å². The van der Waals surface area contributed by atoms with Crippen molar-refractivity contribution in [3.63, 3.8) is 0 Å². The number of piperazine rings is 3. The summed E-state index contributed by atoms with van der Waals surface area (Å²) in [6.07, 6.45) is 22.6. The van der Waals surface area contributed by atoms with Crippen molar-refractivity contribution in [1.82, 2.24) is 98.3 Å². The van der Waals surface area contributed by atoms with E-state index in [1.807, 2.05) is 143 Å². The quantitative estimate of drug-likeness (QED) is 0.127. The van der Waals surface area contributed by atoms with Crippen molar-refractivity contribution in [1.29, 1.82) is 0 Å². The molecule has 0 bridgehead atoms. The van der Waals surface area contributed by atoms with Crippen molar-refractivity contribution in [2.75, 3.05) is 92.1 Å². The smallest absolute Gasteiger partial charge is 0.347 e. The summed E-state index contributed by atoms with van der Waals surface area (Å²) in [5, 5.41) is 13.4. The number of aryl methyl sites for hydroxylation is 4. The van der Waals surface area contributed by atoms with Crippen LogP contribution < -0.4 is 58.1 Å². The first kappa shape index (κ1) is 75.6. The van der Waals surface area contributed by atoms with E-state index in [4.69, 9.17) is 17.7 Å². The molecule has 20 heterocycles. The Morgan fingerprint density at radius 1 is 0.371 bits per heavy atom. The molecule has 32 heteroatoms. The molecule has 116 heavy (non-hydrogen) atoms. The Morgan fingerprint density at radius 2 is 0.733 bits per heavy atom. The molecule has 3 N–H and O–H groups in total. The Kier molecular flexibility index (Phi) is 20.5. The first-order valence-corrected chi connectivity index (χ1v) is 39.0. The fourth-order valence-corrected chi connectivity index (χ4v) is 15.4. The molecule has 0 spiro atoms. The Hall–Kier alpha value is -13.0. The average molecular weight is 1560 g/mol. The highest BCUT2D eigenvalue weighted by atomic mass is 16.4. The number of anilines is 4. The van der Waals surface area contributed by atoms with Gasteiger partial charge in [0.05, 0.1) is 92.6 Å². The largest absolute Gasteiger partial charge is 0.403 e. The summed E-state index contributed by atoms with van der Waals surface area (Å²) in [5.74, 6) is 3.31. The molecule has 4 aliphatic rings. The number of rotatable bonds is 8. The number of imidazole rings is 4. The van der Waals surface area contributed by atoms with E-state index in [1.54, 1.807) is 49.1 Å². The predicted molar refractivity (Wildman–Crippen MR) is 445 cm³/mol. The number of nitrogens with one attached hydrogen (secondary N) is 3. The van der Waals surface area contributed by atoms with Gasteiger partial charge in [-0.1, -0.05) is 0 Å². The van der Waals surface area contributed by atoms with Crippen molar-refractivity contribution in [2.45, 2.75) is 112 Å². The van der Waals surface area contributed by atoms with Crippen LogP contribution in [0, 0.1) is 27.7 Å². The Labute approximate surface area is 663 Å². The highest BCUT2D eigenvalue weighted by molar-refractivity contribution is 5.84. The fraction of sp³-hybridized carbons (Fsp3) is 0.333. The second kappa shape index (κ2) is 31.4. The van der Waals surface area contributed by atoms with Gasteiger partial charge in [0.2, 0.25) is 22.9 Å². The van der Waals surface area contributed by atoms with Gasteiger partial charge in [-0.05, 0) is 162 Å². The zero-order valence-electron chi connectivity index (χ0n) is 66.3. The van der Waals surface area contributed by atoms with Gasteiger partial charge in [0.1, 0.15) is 23.3 Å². The van der Waals surface area contributed by atoms with E-state index in [2.05, 4.69) is 149 Å². The maximum atomic E-state index is 12.7. The Morgan fingerprint density at radius 3 is 1.13 bits per heavy atom. The number of pyridine rings is 4. The minimum absolute atomic E-state index is 0.317. The van der Waals surface area contributed by atoms with E-state index in [0.29, 0.717) is 127 Å². The SMILES string of the molecule is Cc1cn2cc(-c3cc4ccc(N5CCCNCC5)nc4oc3=O)nc2cn1.Cc1cn2cc(-c3cc4ccc(N5C[C@@H](C)N[C@@H](C)C5)nc4oc3=O)nc2cn1.Cc1cn2cc(-c3cc4ccc(N5C[C@H](C)N(C)C[C@H]5C)nc4oc3=O)nc2cn1.Cc1cn2cc(-c3cc4ccc(N5C[C@H](C)NC[C@H]5C)nc4oc3=O)nc2cn1. The van der Waals surface area contributed by atoms with Crippen LogP contribution in [0.3, 0.4) is 0 Å². The maximum Gasteiger partial charge on any atom is 0.347 e. The molecule has 592 valence electrons. The number of aromatic nitrogens is 16. The molecular weight excluding hydrogens is 1470 g/mol. The highest BCUT2D eigenvalue weighted by Gasteiger charge is 2.30. The molecule has 16 aromatic rings. The third kappa shape index (κ3) is 15.8. The van der Waals surface area contributed by atoms with Gasteiger partial charge in [-0.15, -0.1) is 0 Å². The lowest BCUT2D eigenvalue weighted by molar-refractivity contribution is 0.205. The molecule has 0 unspecified atom stereocenters. The number of nitrogens with zero attached hydrogens (tertiary/aromatic N) is 21. The van der Waals surface area contributed by atoms with Gasteiger partial charge >= 0.3 is 22.5 Å². The molecule has 32 nitrogen and oxygen atoms in total. The van der Waals surface area contributed by atoms with E-state index >= 15 is 0 Å². The summed E-state index contributed by atoms with van der Waals surface area (Å²) in [6.45, 7) is 29.7. The van der Waals surface area contributed by atoms with E-state index in [9.17, 15) is 19.2 Å². The van der Waals surface area contributed by atoms with Gasteiger partial charge in [-0.2, -0.15) is 19.9 Å². The van der Waals surface area contributed by atoms with Crippen LogP contribution in [0.4, 0.5) is 23.3 Å². The number of hydrogen-bond acceptors (Lipinski definition) is 28. The summed E-state index contributed by atoms with van der Waals surface area (Å²) in [6, 6.07) is 25.1. The van der Waals surface area contributed by atoms with Gasteiger partial charge in [-0.25, -0.2) is 39.1 Å². The van der Waals surface area contributed by atoms with Crippen LogP contribution in [0.15, 0.2) is 184 Å². The van der Waals surface area contributed by atoms with Crippen molar-refractivity contribution in [3.05, 3.63) is 212 Å². The van der Waals surface area contributed by atoms with Gasteiger partial charge in [0.15, 0.2) is 22.6 Å². The van der Waals surface area contributed by atoms with E-state index in [-0.39, 0.29) is 0 Å². The van der Waals surface area contributed by atoms with Gasteiger partial charge in [-0.3, -0.25) is 24.8 Å². The van der Waals surface area contributed by atoms with Crippen LogP contribution in [0.2, 0.25) is 0 Å². The minimum atomic E-state index is -0.447. The minimum Gasteiger partial charge on any atom is -0.403 e. The molecule has 4 saturated heterocycles. The lowest BCUT2D eigenvalue weighted by Crippen LogP contribution is -2.55. The second-order valence-electron chi connectivity index (χ2n) is 30.8. The van der Waals surface area contributed by atoms with Crippen LogP contribution in [0.25, 0.3) is 112 Å². The molecule has 6 atom stereocenters. The molecule has 4 aliphatic heterocycles. The van der Waals surface area contributed by atoms with E-state index in [0.717, 1.165) is 139 Å². The van der Waals surface area contributed by atoms with Crippen molar-refractivity contribution < 1.29 is 17.7 Å². The Bertz CT molecular complexity index is 6670. The highest BCUT2D eigenvalue weighted by Crippen LogP contribution is 2.31. The standard InChI is InChI=1S/C22H24N6O2.2C21H22N6O2.C20H20N6O2/c1-13-9-27-12-18(24-20(27)8-23-13)17-7-16-5-6-19(25-21(16)30-22(17)29)28-11-14(2)26(4)10-15(28)3;1-12-9-26-11-17(24-19(26)8-23-12)16-6-15-4-5-18(25-20(15)29-21(16)28)27-10-13(2)22-7-14(27)3;1-12-8-27-11-17(24-19(27)7-22-12)16-6-15-4-5-18(25-20(15)29-21(16)28)26-9-13(2)23-14(3)10-26;1-13-11-26-12-16(23-18(26)10-22-13)15-9-14-3-4-17(24-19(14)28-20(15)27)25-7-2-5-21-6-8-25/h5-9,12,14-15H,10-11H2,1-4H3;4-6,8-9,11,13-14,22H,7,10H2,1-3H3;4-8,11,13-14,23H,9-10H2,1-3H3;3-4,9-12,21H,2,5-8H2,1H3/t14-,15+;2*13-,14+;/m00../s1. The van der Waals surface area contributed by atoms with Crippen molar-refractivity contribution in [3.8, 4) is 45.0 Å². The number of hydrogen-bond donors (Lipinski definition) is 3. The normalized spacial score (nSPS) is 18.9. The average Bonchev–Trinajstić information content (AvgIpc) is 1.62. The van der Waals surface area contributed by atoms with Crippen LogP contribution in [-0.4, -0.2) is 191 Å². The van der Waals surface area contributed by atoms with Crippen LogP contribution in [-0.2, 0) is 0 Å². The fourth-order valence-electron chi connectivity index (χ4n) is 15.4. The van der Waals surface area contributed by atoms with Gasteiger partial charge in [0.25, 0.3) is 0 Å².